The lowest BCUT2D eigenvalue weighted by atomic mass is 9.92. The van der Waals surface area contributed by atoms with Crippen molar-refractivity contribution in [3.8, 4) is 0 Å². The molecule has 1 radical (unpaired) electrons. The van der Waals surface area contributed by atoms with Crippen LogP contribution < -0.4 is 0 Å². The summed E-state index contributed by atoms with van der Waals surface area (Å²) in [7, 11) is 0. The van der Waals surface area contributed by atoms with Crippen LogP contribution in [0, 0.1) is 6.42 Å². The summed E-state index contributed by atoms with van der Waals surface area (Å²) in [6.07, 6.45) is -1.60. The topological polar surface area (TPSA) is 6.48 Å². The number of rotatable bonds is 6. The normalized spacial score (nSPS) is 19.4. The summed E-state index contributed by atoms with van der Waals surface area (Å²) < 4.78 is 80.6. The second-order valence-corrected chi connectivity index (χ2v) is 10.8. The number of halogens is 6. The lowest BCUT2D eigenvalue weighted by Crippen LogP contribution is -2.51. The minimum absolute atomic E-state index is 0.00350. The Labute approximate surface area is 225 Å². The molecule has 1 aliphatic carbocycles. The standard InChI is InChI=1S/C31H33F6N2/c32-30(33,34)26-18-22(19-27(21-26)31(35,36)37)10-13-29(25-12-11-23-6-4-5-7-24(23)20-25)39-16-14-38(15-17-39)28-8-2-1-3-9-28/h4-7,11-13,18-21,28-29H,1-3,8-10,14-17H2. The summed E-state index contributed by atoms with van der Waals surface area (Å²) in [6.45, 7) is 3.40. The molecule has 8 heteroatoms. The van der Waals surface area contributed by atoms with Gasteiger partial charge in [-0.05, 0) is 71.8 Å². The number of benzene rings is 3. The minimum Gasteiger partial charge on any atom is -0.298 e. The zero-order valence-corrected chi connectivity index (χ0v) is 21.7. The Morgan fingerprint density at radius 1 is 0.718 bits per heavy atom. The van der Waals surface area contributed by atoms with Crippen LogP contribution in [0.25, 0.3) is 10.8 Å². The molecule has 1 saturated carbocycles. The summed E-state index contributed by atoms with van der Waals surface area (Å²) >= 11 is 0. The van der Waals surface area contributed by atoms with Gasteiger partial charge in [-0.2, -0.15) is 26.3 Å². The number of alkyl halides is 6. The molecule has 0 spiro atoms. The van der Waals surface area contributed by atoms with Gasteiger partial charge in [0.2, 0.25) is 0 Å². The second-order valence-electron chi connectivity index (χ2n) is 10.8. The molecule has 0 aromatic heterocycles. The highest BCUT2D eigenvalue weighted by Crippen LogP contribution is 2.37. The van der Waals surface area contributed by atoms with Gasteiger partial charge in [-0.1, -0.05) is 55.7 Å². The molecule has 5 rings (SSSR count). The molecule has 3 aromatic carbocycles. The Morgan fingerprint density at radius 3 is 1.95 bits per heavy atom. The maximum atomic E-state index is 13.4. The van der Waals surface area contributed by atoms with Gasteiger partial charge in [-0.25, -0.2) is 0 Å². The van der Waals surface area contributed by atoms with Crippen LogP contribution in [-0.4, -0.2) is 42.0 Å². The first-order chi connectivity index (χ1) is 18.6. The quantitative estimate of drug-likeness (QED) is 0.286. The highest BCUT2D eigenvalue weighted by atomic mass is 19.4. The third-order valence-electron chi connectivity index (χ3n) is 8.17. The SMILES string of the molecule is FC(F)(F)c1cc(C[CH]C(c2ccc3ccccc3c2)N2CCN(C3CCCCC3)CC2)cc(C(F)(F)F)c1. The summed E-state index contributed by atoms with van der Waals surface area (Å²) in [5, 5.41) is 2.13. The molecule has 39 heavy (non-hydrogen) atoms. The van der Waals surface area contributed by atoms with E-state index in [1.807, 2.05) is 42.8 Å². The van der Waals surface area contributed by atoms with Crippen molar-refractivity contribution in [2.75, 3.05) is 26.2 Å². The fraction of sp³-hybridized carbons (Fsp3) is 0.452. The zero-order chi connectivity index (χ0) is 27.6. The van der Waals surface area contributed by atoms with E-state index in [4.69, 9.17) is 0 Å². The van der Waals surface area contributed by atoms with Crippen LogP contribution >= 0.6 is 0 Å². The van der Waals surface area contributed by atoms with E-state index in [0.29, 0.717) is 6.04 Å². The van der Waals surface area contributed by atoms with E-state index in [1.54, 1.807) is 0 Å². The summed E-state index contributed by atoms with van der Waals surface area (Å²) in [5.74, 6) is 0. The molecule has 1 aliphatic heterocycles. The van der Waals surface area contributed by atoms with E-state index >= 15 is 0 Å². The third-order valence-corrected chi connectivity index (χ3v) is 8.17. The smallest absolute Gasteiger partial charge is 0.298 e. The van der Waals surface area contributed by atoms with Crippen LogP contribution in [-0.2, 0) is 18.8 Å². The van der Waals surface area contributed by atoms with Crippen LogP contribution in [0.4, 0.5) is 26.3 Å². The highest BCUT2D eigenvalue weighted by molar-refractivity contribution is 5.83. The summed E-state index contributed by atoms with van der Waals surface area (Å²) in [4.78, 5) is 4.86. The van der Waals surface area contributed by atoms with E-state index in [2.05, 4.69) is 15.9 Å². The van der Waals surface area contributed by atoms with Crippen molar-refractivity contribution in [2.45, 2.75) is 63.0 Å². The fourth-order valence-corrected chi connectivity index (χ4v) is 6.10. The van der Waals surface area contributed by atoms with Gasteiger partial charge < -0.3 is 0 Å². The monoisotopic (exact) mass is 547 g/mol. The highest BCUT2D eigenvalue weighted by Gasteiger charge is 2.37. The van der Waals surface area contributed by atoms with Crippen LogP contribution in [0.2, 0.25) is 0 Å². The molecule has 1 heterocycles. The largest absolute Gasteiger partial charge is 0.416 e. The average molecular weight is 548 g/mol. The maximum Gasteiger partial charge on any atom is 0.416 e. The average Bonchev–Trinajstić information content (AvgIpc) is 2.93. The zero-order valence-electron chi connectivity index (χ0n) is 21.7. The molecule has 1 unspecified atom stereocenters. The summed E-state index contributed by atoms with van der Waals surface area (Å²) in [6, 6.07) is 16.3. The third kappa shape index (κ3) is 6.77. The van der Waals surface area contributed by atoms with Gasteiger partial charge in [0.05, 0.1) is 11.1 Å². The molecular formula is C31H33F6N2. The number of fused-ring (bicyclic) bond motifs is 1. The number of nitrogens with zero attached hydrogens (tertiary/aromatic N) is 2. The number of hydrogen-bond donors (Lipinski definition) is 0. The molecule has 2 fully saturated rings. The van der Waals surface area contributed by atoms with Gasteiger partial charge in [0.25, 0.3) is 0 Å². The van der Waals surface area contributed by atoms with Gasteiger partial charge in [0.1, 0.15) is 0 Å². The maximum absolute atomic E-state index is 13.4. The first-order valence-electron chi connectivity index (χ1n) is 13.7. The molecule has 1 atom stereocenters. The van der Waals surface area contributed by atoms with E-state index in [0.717, 1.165) is 54.6 Å². The Hall–Kier alpha value is -2.58. The number of piperazine rings is 1. The molecule has 2 nitrogen and oxygen atoms in total. The van der Waals surface area contributed by atoms with Crippen molar-refractivity contribution < 1.29 is 26.3 Å². The molecular weight excluding hydrogens is 514 g/mol. The molecule has 0 bridgehead atoms. The molecule has 0 amide bonds. The van der Waals surface area contributed by atoms with Gasteiger partial charge in [-0.15, -0.1) is 0 Å². The van der Waals surface area contributed by atoms with Crippen LogP contribution in [0.1, 0.15) is 60.4 Å². The van der Waals surface area contributed by atoms with Crippen LogP contribution in [0.5, 0.6) is 0 Å². The van der Waals surface area contributed by atoms with Crippen LogP contribution in [0.15, 0.2) is 60.7 Å². The lowest BCUT2D eigenvalue weighted by molar-refractivity contribution is -0.143. The van der Waals surface area contributed by atoms with Crippen LogP contribution in [0.3, 0.4) is 0 Å². The van der Waals surface area contributed by atoms with Gasteiger partial charge in [0, 0.05) is 38.3 Å². The number of hydrogen-bond acceptors (Lipinski definition) is 2. The predicted octanol–water partition coefficient (Wildman–Crippen LogP) is 8.32. The van der Waals surface area contributed by atoms with Gasteiger partial charge in [-0.3, -0.25) is 9.80 Å². The molecule has 3 aromatic rings. The predicted molar refractivity (Wildman–Crippen MR) is 141 cm³/mol. The van der Waals surface area contributed by atoms with Gasteiger partial charge >= 0.3 is 12.4 Å². The van der Waals surface area contributed by atoms with E-state index < -0.39 is 23.5 Å². The van der Waals surface area contributed by atoms with Crippen molar-refractivity contribution in [2.24, 2.45) is 0 Å². The Bertz CT molecular complexity index is 1220. The van der Waals surface area contributed by atoms with Crippen molar-refractivity contribution in [1.29, 1.82) is 0 Å². The van der Waals surface area contributed by atoms with E-state index in [9.17, 15) is 26.3 Å². The molecule has 209 valence electrons. The van der Waals surface area contributed by atoms with Gasteiger partial charge in [0.15, 0.2) is 0 Å². The van der Waals surface area contributed by atoms with Crippen molar-refractivity contribution in [3.05, 3.63) is 89.3 Å². The Kier molecular flexibility index (Phi) is 8.24. The van der Waals surface area contributed by atoms with E-state index in [1.165, 1.54) is 32.1 Å². The van der Waals surface area contributed by atoms with Crippen molar-refractivity contribution >= 4 is 10.8 Å². The minimum atomic E-state index is -4.86. The molecule has 2 aliphatic rings. The first-order valence-corrected chi connectivity index (χ1v) is 13.7. The molecule has 1 saturated heterocycles. The lowest BCUT2D eigenvalue weighted by Gasteiger charge is -2.43. The van der Waals surface area contributed by atoms with E-state index in [-0.39, 0.29) is 24.1 Å². The summed E-state index contributed by atoms with van der Waals surface area (Å²) in [5.41, 5.74) is -1.56. The Balaban J connectivity index is 1.40. The van der Waals surface area contributed by atoms with Crippen molar-refractivity contribution in [3.63, 3.8) is 0 Å². The fourth-order valence-electron chi connectivity index (χ4n) is 6.10. The molecule has 0 N–H and O–H groups in total. The van der Waals surface area contributed by atoms with Crippen molar-refractivity contribution in [1.82, 2.24) is 9.80 Å². The first kappa shape index (κ1) is 28.0. The Morgan fingerprint density at radius 2 is 1.33 bits per heavy atom. The second kappa shape index (κ2) is 11.5.